The van der Waals surface area contributed by atoms with Gasteiger partial charge in [-0.15, -0.1) is 0 Å². The summed E-state index contributed by atoms with van der Waals surface area (Å²) in [6, 6.07) is 5.45. The maximum atomic E-state index is 11.7. The molecule has 0 unspecified atom stereocenters. The van der Waals surface area contributed by atoms with E-state index in [0.717, 1.165) is 0 Å². The van der Waals surface area contributed by atoms with Gasteiger partial charge in [-0.25, -0.2) is 4.79 Å². The monoisotopic (exact) mass is 289 g/mol. The molecule has 0 heterocycles. The lowest BCUT2D eigenvalue weighted by atomic mass is 9.89. The first-order valence-electron chi connectivity index (χ1n) is 7.14. The van der Waals surface area contributed by atoms with Crippen molar-refractivity contribution in [3.63, 3.8) is 0 Å². The second-order valence-electron chi connectivity index (χ2n) is 5.16. The van der Waals surface area contributed by atoms with Crippen LogP contribution in [0.1, 0.15) is 32.1 Å². The summed E-state index contributed by atoms with van der Waals surface area (Å²) in [4.78, 5) is 21.9. The van der Waals surface area contributed by atoms with Crippen molar-refractivity contribution in [1.29, 1.82) is 0 Å². The molecule has 1 aliphatic rings. The maximum absolute atomic E-state index is 11.7. The van der Waals surface area contributed by atoms with E-state index in [1.807, 2.05) is 6.08 Å². The molecule has 2 amide bonds. The van der Waals surface area contributed by atoms with E-state index in [1.54, 1.807) is 12.3 Å². The molecule has 0 bridgehead atoms. The molecule has 6 heteroatoms. The number of anilines is 1. The number of carbonyl (C=O) groups is 1. The molecule has 0 atom stereocenters. The zero-order valence-corrected chi connectivity index (χ0v) is 11.7. The fourth-order valence-electron chi connectivity index (χ4n) is 2.45. The predicted molar refractivity (Wildman–Crippen MR) is 81.0 cm³/mol. The van der Waals surface area contributed by atoms with E-state index in [0.29, 0.717) is 11.6 Å². The van der Waals surface area contributed by atoms with E-state index in [1.165, 1.54) is 50.3 Å². The topological polar surface area (TPSA) is 84.3 Å². The van der Waals surface area contributed by atoms with Gasteiger partial charge >= 0.3 is 6.03 Å². The number of nitrogens with one attached hydrogen (secondary N) is 2. The highest BCUT2D eigenvalue weighted by molar-refractivity contribution is 5.90. The van der Waals surface area contributed by atoms with Crippen LogP contribution in [-0.4, -0.2) is 11.0 Å². The Morgan fingerprint density at radius 2 is 2.05 bits per heavy atom. The van der Waals surface area contributed by atoms with Crippen LogP contribution >= 0.6 is 0 Å². The number of hydrogen-bond acceptors (Lipinski definition) is 3. The van der Waals surface area contributed by atoms with Crippen LogP contribution in [0, 0.1) is 16.0 Å². The van der Waals surface area contributed by atoms with Crippen molar-refractivity contribution < 1.29 is 9.72 Å². The van der Waals surface area contributed by atoms with Gasteiger partial charge in [0.05, 0.1) is 4.92 Å². The lowest BCUT2D eigenvalue weighted by Crippen LogP contribution is -2.24. The number of rotatable bonds is 4. The van der Waals surface area contributed by atoms with E-state index in [-0.39, 0.29) is 5.69 Å². The fourth-order valence-corrected chi connectivity index (χ4v) is 2.45. The zero-order valence-electron chi connectivity index (χ0n) is 11.7. The lowest BCUT2D eigenvalue weighted by molar-refractivity contribution is -0.384. The number of carbonyl (C=O) groups excluding carboxylic acids is 1. The van der Waals surface area contributed by atoms with Gasteiger partial charge in [0.25, 0.3) is 5.69 Å². The quantitative estimate of drug-likeness (QED) is 0.653. The number of nitro groups is 1. The van der Waals surface area contributed by atoms with Crippen molar-refractivity contribution in [1.82, 2.24) is 5.32 Å². The molecule has 0 radical (unpaired) electrons. The summed E-state index contributed by atoms with van der Waals surface area (Å²) in [5.41, 5.74) is 0.346. The number of nitro benzene ring substituents is 1. The van der Waals surface area contributed by atoms with Crippen molar-refractivity contribution in [2.75, 3.05) is 5.32 Å². The average molecular weight is 289 g/mol. The Morgan fingerprint density at radius 3 is 2.76 bits per heavy atom. The van der Waals surface area contributed by atoms with Crippen LogP contribution in [0.4, 0.5) is 16.2 Å². The number of nitrogens with zero attached hydrogens (tertiary/aromatic N) is 1. The first-order chi connectivity index (χ1) is 10.1. The van der Waals surface area contributed by atoms with Gasteiger partial charge in [0.15, 0.2) is 0 Å². The third-order valence-corrected chi connectivity index (χ3v) is 3.55. The molecule has 1 saturated carbocycles. The van der Waals surface area contributed by atoms with Gasteiger partial charge in [-0.2, -0.15) is 0 Å². The molecule has 1 aromatic carbocycles. The molecule has 6 nitrogen and oxygen atoms in total. The zero-order chi connectivity index (χ0) is 15.1. The molecule has 0 aliphatic heterocycles. The average Bonchev–Trinajstić information content (AvgIpc) is 2.48. The van der Waals surface area contributed by atoms with Crippen molar-refractivity contribution in [3.05, 3.63) is 46.7 Å². The molecule has 1 aliphatic carbocycles. The SMILES string of the molecule is O=C(N/C=C/C1CCCCC1)Nc1cccc([N+](=O)[O-])c1. The second-order valence-corrected chi connectivity index (χ2v) is 5.16. The van der Waals surface area contributed by atoms with E-state index in [4.69, 9.17) is 0 Å². The standard InChI is InChI=1S/C15H19N3O3/c19-15(16-10-9-12-5-2-1-3-6-12)17-13-7-4-8-14(11-13)18(20)21/h4,7-12H,1-3,5-6H2,(H2,16,17,19)/b10-9+. The molecule has 1 fully saturated rings. The van der Waals surface area contributed by atoms with Crippen molar-refractivity contribution in [2.24, 2.45) is 5.92 Å². The smallest absolute Gasteiger partial charge is 0.315 e. The lowest BCUT2D eigenvalue weighted by Gasteiger charge is -2.17. The third kappa shape index (κ3) is 4.91. The molecule has 2 N–H and O–H groups in total. The molecule has 0 saturated heterocycles. The third-order valence-electron chi connectivity index (χ3n) is 3.55. The summed E-state index contributed by atoms with van der Waals surface area (Å²) in [6.45, 7) is 0. The summed E-state index contributed by atoms with van der Waals surface area (Å²) < 4.78 is 0. The largest absolute Gasteiger partial charge is 0.323 e. The number of urea groups is 1. The minimum Gasteiger partial charge on any atom is -0.315 e. The van der Waals surface area contributed by atoms with Crippen LogP contribution < -0.4 is 10.6 Å². The van der Waals surface area contributed by atoms with Gasteiger partial charge in [0.2, 0.25) is 0 Å². The Balaban J connectivity index is 1.82. The number of amides is 2. The van der Waals surface area contributed by atoms with Gasteiger partial charge in [-0.1, -0.05) is 31.4 Å². The molecule has 112 valence electrons. The van der Waals surface area contributed by atoms with E-state index in [9.17, 15) is 14.9 Å². The fraction of sp³-hybridized carbons (Fsp3) is 0.400. The molecule has 2 rings (SSSR count). The number of benzene rings is 1. The van der Waals surface area contributed by atoms with Crippen LogP contribution in [0.5, 0.6) is 0 Å². The molecule has 1 aromatic rings. The first-order valence-corrected chi connectivity index (χ1v) is 7.14. The minimum absolute atomic E-state index is 0.0504. The van der Waals surface area contributed by atoms with Crippen LogP contribution in [-0.2, 0) is 0 Å². The van der Waals surface area contributed by atoms with Crippen LogP contribution in [0.15, 0.2) is 36.5 Å². The van der Waals surface area contributed by atoms with Crippen molar-refractivity contribution >= 4 is 17.4 Å². The number of allylic oxidation sites excluding steroid dienone is 1. The molecular formula is C15H19N3O3. The summed E-state index contributed by atoms with van der Waals surface area (Å²) in [5.74, 6) is 0.539. The van der Waals surface area contributed by atoms with Crippen molar-refractivity contribution in [2.45, 2.75) is 32.1 Å². The Hall–Kier alpha value is -2.37. The first kappa shape index (κ1) is 15.0. The van der Waals surface area contributed by atoms with E-state index in [2.05, 4.69) is 10.6 Å². The normalized spacial score (nSPS) is 15.8. The number of hydrogen-bond donors (Lipinski definition) is 2. The highest BCUT2D eigenvalue weighted by Gasteiger charge is 2.10. The Morgan fingerprint density at radius 1 is 1.29 bits per heavy atom. The van der Waals surface area contributed by atoms with Crippen LogP contribution in [0.25, 0.3) is 0 Å². The molecular weight excluding hydrogens is 270 g/mol. The van der Waals surface area contributed by atoms with E-state index >= 15 is 0 Å². The van der Waals surface area contributed by atoms with Gasteiger partial charge in [0, 0.05) is 24.0 Å². The van der Waals surface area contributed by atoms with Crippen molar-refractivity contribution in [3.8, 4) is 0 Å². The Kier molecular flexibility index (Phi) is 5.31. The van der Waals surface area contributed by atoms with Crippen LogP contribution in [0.2, 0.25) is 0 Å². The summed E-state index contributed by atoms with van der Waals surface area (Å²) in [7, 11) is 0. The minimum atomic E-state index is -0.494. The van der Waals surface area contributed by atoms with Crippen LogP contribution in [0.3, 0.4) is 0 Å². The predicted octanol–water partition coefficient (Wildman–Crippen LogP) is 3.81. The van der Waals surface area contributed by atoms with E-state index < -0.39 is 11.0 Å². The van der Waals surface area contributed by atoms with Gasteiger partial charge < -0.3 is 10.6 Å². The number of non-ortho nitro benzene ring substituents is 1. The summed E-state index contributed by atoms with van der Waals surface area (Å²) in [5, 5.41) is 15.8. The highest BCUT2D eigenvalue weighted by atomic mass is 16.6. The Labute approximate surface area is 123 Å². The van der Waals surface area contributed by atoms with Gasteiger partial charge in [-0.05, 0) is 24.8 Å². The van der Waals surface area contributed by atoms with Gasteiger partial charge in [0.1, 0.15) is 0 Å². The molecule has 0 aromatic heterocycles. The summed E-state index contributed by atoms with van der Waals surface area (Å²) in [6.07, 6.45) is 9.80. The maximum Gasteiger partial charge on any atom is 0.323 e. The van der Waals surface area contributed by atoms with Gasteiger partial charge in [-0.3, -0.25) is 10.1 Å². The summed E-state index contributed by atoms with van der Waals surface area (Å²) >= 11 is 0. The Bertz CT molecular complexity index is 537. The molecule has 21 heavy (non-hydrogen) atoms. The second kappa shape index (κ2) is 7.42. The highest BCUT2D eigenvalue weighted by Crippen LogP contribution is 2.24. The molecule has 0 spiro atoms.